The molecule has 23 heavy (non-hydrogen) atoms. The molecule has 0 spiro atoms. The van der Waals surface area contributed by atoms with Gasteiger partial charge in [-0.3, -0.25) is 11.5 Å². The lowest BCUT2D eigenvalue weighted by Gasteiger charge is -2.07. The van der Waals surface area contributed by atoms with Crippen molar-refractivity contribution in [2.45, 2.75) is 12.5 Å². The molecule has 2 atom stereocenters. The molecule has 124 valence electrons. The molecule has 2 unspecified atom stereocenters. The van der Waals surface area contributed by atoms with Crippen molar-refractivity contribution >= 4 is 52.5 Å². The van der Waals surface area contributed by atoms with Gasteiger partial charge in [-0.05, 0) is 24.3 Å². The van der Waals surface area contributed by atoms with Crippen molar-refractivity contribution in [1.29, 1.82) is 0 Å². The second-order valence-corrected chi connectivity index (χ2v) is 7.08. The second kappa shape index (κ2) is 9.81. The third kappa shape index (κ3) is 6.57. The van der Waals surface area contributed by atoms with Crippen LogP contribution in [0.15, 0.2) is 57.5 Å². The van der Waals surface area contributed by atoms with Crippen LogP contribution < -0.4 is 11.5 Å². The summed E-state index contributed by atoms with van der Waals surface area (Å²) in [5.41, 5.74) is 13.0. The largest absolute Gasteiger partial charge is 0.701 e. The predicted octanol–water partition coefficient (Wildman–Crippen LogP) is 4.94. The van der Waals surface area contributed by atoms with Crippen LogP contribution in [0.3, 0.4) is 0 Å². The minimum absolute atomic E-state index is 0. The highest BCUT2D eigenvalue weighted by atomic mass is 79.9. The third-order valence-electron chi connectivity index (χ3n) is 2.80. The summed E-state index contributed by atoms with van der Waals surface area (Å²) in [4.78, 5) is 0. The van der Waals surface area contributed by atoms with Gasteiger partial charge >= 0.3 is 8.25 Å². The Morgan fingerprint density at radius 3 is 1.39 bits per heavy atom. The Labute approximate surface area is 158 Å². The van der Waals surface area contributed by atoms with Crippen LogP contribution in [0.25, 0.3) is 0 Å². The number of hydrogen-bond donors (Lipinski definition) is 2. The molecule has 0 saturated carbocycles. The molecule has 2 aromatic rings. The summed E-state index contributed by atoms with van der Waals surface area (Å²) in [7, 11) is -2.45. The summed E-state index contributed by atoms with van der Waals surface area (Å²) in [5, 5.41) is 0. The highest BCUT2D eigenvalue weighted by molar-refractivity contribution is 9.10. The first-order valence-corrected chi connectivity index (χ1v) is 8.97. The number of halogens is 3. The Bertz CT molecular complexity index is 588. The van der Waals surface area contributed by atoms with Gasteiger partial charge < -0.3 is 0 Å². The Hall–Kier alpha value is -0.370. The molecule has 0 radical (unpaired) electrons. The first-order chi connectivity index (χ1) is 10.5. The molecule has 0 amide bonds. The van der Waals surface area contributed by atoms with Crippen LogP contribution in [-0.2, 0) is 13.6 Å². The Balaban J connectivity index is 0.00000264. The zero-order valence-electron chi connectivity index (χ0n) is 11.8. The van der Waals surface area contributed by atoms with E-state index in [1.165, 1.54) is 0 Å². The second-order valence-electron chi connectivity index (χ2n) is 4.38. The van der Waals surface area contributed by atoms with E-state index in [9.17, 15) is 4.57 Å². The number of hydrogen-bond acceptors (Lipinski definition) is 5. The Morgan fingerprint density at radius 1 is 0.783 bits per heavy atom. The molecule has 0 saturated heterocycles. The first-order valence-electron chi connectivity index (χ1n) is 6.28. The van der Waals surface area contributed by atoms with E-state index in [1.807, 2.05) is 24.3 Å². The average Bonchev–Trinajstić information content (AvgIpc) is 2.48. The topological polar surface area (TPSA) is 87.6 Å². The van der Waals surface area contributed by atoms with Crippen molar-refractivity contribution in [2.75, 3.05) is 0 Å². The van der Waals surface area contributed by atoms with Gasteiger partial charge in [0.1, 0.15) is 0 Å². The minimum atomic E-state index is -2.45. The van der Waals surface area contributed by atoms with Gasteiger partial charge in [-0.2, -0.15) is 0 Å². The van der Waals surface area contributed by atoms with E-state index in [0.29, 0.717) is 11.1 Å². The first kappa shape index (κ1) is 20.7. The van der Waals surface area contributed by atoms with Gasteiger partial charge in [0, 0.05) is 24.6 Å². The average molecular weight is 486 g/mol. The lowest BCUT2D eigenvalue weighted by atomic mass is 10.2. The zero-order chi connectivity index (χ0) is 16.1. The molecule has 2 rings (SSSR count). The quantitative estimate of drug-likeness (QED) is 0.447. The number of rotatable bonds is 6. The van der Waals surface area contributed by atoms with Crippen molar-refractivity contribution in [1.82, 2.24) is 0 Å². The highest BCUT2D eigenvalue weighted by Gasteiger charge is 2.30. The van der Waals surface area contributed by atoms with Gasteiger partial charge in [0.2, 0.25) is 0 Å². The summed E-state index contributed by atoms with van der Waals surface area (Å²) in [5.74, 6) is 0. The van der Waals surface area contributed by atoms with Crippen molar-refractivity contribution < 1.29 is 13.6 Å². The van der Waals surface area contributed by atoms with E-state index in [2.05, 4.69) is 31.9 Å². The molecule has 4 N–H and O–H groups in total. The molecule has 0 heterocycles. The molecule has 2 aromatic carbocycles. The molecule has 0 bridgehead atoms. The molecule has 5 nitrogen and oxygen atoms in total. The van der Waals surface area contributed by atoms with Crippen molar-refractivity contribution in [3.63, 3.8) is 0 Å². The fourth-order valence-corrected chi connectivity index (χ4v) is 2.83. The molecule has 0 aliphatic rings. The van der Waals surface area contributed by atoms with Crippen LogP contribution in [-0.4, -0.2) is 0 Å². The van der Waals surface area contributed by atoms with Crippen LogP contribution in [0, 0.1) is 0 Å². The van der Waals surface area contributed by atoms with Crippen molar-refractivity contribution in [2.24, 2.45) is 11.5 Å². The van der Waals surface area contributed by atoms with Gasteiger partial charge in [-0.25, -0.2) is 0 Å². The van der Waals surface area contributed by atoms with E-state index < -0.39 is 20.7 Å². The normalized spacial score (nSPS) is 13.8. The summed E-state index contributed by atoms with van der Waals surface area (Å²) < 4.78 is 24.0. The Kier molecular flexibility index (Phi) is 8.82. The predicted molar refractivity (Wildman–Crippen MR) is 99.2 cm³/mol. The molecular formula is C14H15Br2ClN2O3P+. The molecular weight excluding hydrogens is 470 g/mol. The van der Waals surface area contributed by atoms with E-state index in [0.717, 1.165) is 8.95 Å². The van der Waals surface area contributed by atoms with E-state index >= 15 is 0 Å². The molecule has 9 heteroatoms. The third-order valence-corrected chi connectivity index (χ3v) is 4.65. The summed E-state index contributed by atoms with van der Waals surface area (Å²) in [6.07, 6.45) is -1.71. The SMILES string of the molecule is Cl.NC(O[P+](=O)OC(N)c1ccc(Br)cc1)c1ccc(Br)cc1. The molecule has 0 aromatic heterocycles. The lowest BCUT2D eigenvalue weighted by molar-refractivity contribution is 0.135. The van der Waals surface area contributed by atoms with Crippen LogP contribution in [0.4, 0.5) is 0 Å². The van der Waals surface area contributed by atoms with Gasteiger partial charge in [0.05, 0.1) is 0 Å². The smallest absolute Gasteiger partial charge is 0.298 e. The van der Waals surface area contributed by atoms with Gasteiger partial charge in [0.25, 0.3) is 0 Å². The minimum Gasteiger partial charge on any atom is -0.298 e. The number of nitrogens with two attached hydrogens (primary N) is 2. The fraction of sp³-hybridized carbons (Fsp3) is 0.143. The molecule has 0 fully saturated rings. The Morgan fingerprint density at radius 2 is 1.09 bits per heavy atom. The molecule has 0 aliphatic carbocycles. The summed E-state index contributed by atoms with van der Waals surface area (Å²) >= 11 is 6.65. The highest BCUT2D eigenvalue weighted by Crippen LogP contribution is 2.35. The summed E-state index contributed by atoms with van der Waals surface area (Å²) in [6, 6.07) is 14.4. The van der Waals surface area contributed by atoms with Crippen LogP contribution in [0.2, 0.25) is 0 Å². The zero-order valence-corrected chi connectivity index (χ0v) is 16.6. The maximum Gasteiger partial charge on any atom is 0.701 e. The van der Waals surface area contributed by atoms with Crippen molar-refractivity contribution in [3.8, 4) is 0 Å². The van der Waals surface area contributed by atoms with Crippen molar-refractivity contribution in [3.05, 3.63) is 68.6 Å². The van der Waals surface area contributed by atoms with E-state index in [1.54, 1.807) is 24.3 Å². The molecule has 0 aliphatic heterocycles. The van der Waals surface area contributed by atoms with Crippen LogP contribution in [0.1, 0.15) is 23.6 Å². The monoisotopic (exact) mass is 483 g/mol. The fourth-order valence-electron chi connectivity index (χ4n) is 1.64. The maximum absolute atomic E-state index is 11.9. The maximum atomic E-state index is 11.9. The van der Waals surface area contributed by atoms with Crippen LogP contribution >= 0.6 is 52.5 Å². The van der Waals surface area contributed by atoms with Crippen LogP contribution in [0.5, 0.6) is 0 Å². The van der Waals surface area contributed by atoms with E-state index in [4.69, 9.17) is 20.5 Å². The standard InChI is InChI=1S/C14H14Br2N2O3P.ClH/c15-11-5-1-9(2-6-11)13(17)20-22(19)21-14(18)10-3-7-12(16)8-4-10;/h1-8,13-14H,17-18H2;1H/q+1;. The van der Waals surface area contributed by atoms with Gasteiger partial charge in [-0.1, -0.05) is 65.2 Å². The number of benzene rings is 2. The van der Waals surface area contributed by atoms with Gasteiger partial charge in [-0.15, -0.1) is 12.4 Å². The van der Waals surface area contributed by atoms with E-state index in [-0.39, 0.29) is 12.4 Å². The summed E-state index contributed by atoms with van der Waals surface area (Å²) in [6.45, 7) is 0. The van der Waals surface area contributed by atoms with Gasteiger partial charge in [0.15, 0.2) is 12.5 Å². The lowest BCUT2D eigenvalue weighted by Crippen LogP contribution is -2.14.